The monoisotopic (exact) mass is 1050 g/mol. The highest BCUT2D eigenvalue weighted by atomic mass is 35.5. The van der Waals surface area contributed by atoms with Crippen LogP contribution in [0.4, 0.5) is 0 Å². The van der Waals surface area contributed by atoms with E-state index < -0.39 is 10.8 Å². The molecule has 11 nitrogen and oxygen atoms in total. The molecule has 0 aliphatic heterocycles. The highest BCUT2D eigenvalue weighted by molar-refractivity contribution is 5.98. The number of ether oxygens (including phenoxy) is 2. The van der Waals surface area contributed by atoms with E-state index in [1.807, 2.05) is 0 Å². The first kappa shape index (κ1) is 58.8. The van der Waals surface area contributed by atoms with Gasteiger partial charge in [0.2, 0.25) is 0 Å². The number of nitrogens with zero attached hydrogens (tertiary/aromatic N) is 1. The first-order valence-electron chi connectivity index (χ1n) is 28.4. The van der Waals surface area contributed by atoms with Crippen molar-refractivity contribution in [3.05, 3.63) is 23.3 Å². The predicted octanol–water partition coefficient (Wildman–Crippen LogP) is 13.4. The molecule has 0 unspecified atom stereocenters. The Morgan fingerprint density at radius 1 is 0.541 bits per heavy atom. The number of halogens is 1. The molecule has 0 radical (unpaired) electrons. The van der Waals surface area contributed by atoms with E-state index in [1.165, 1.54) is 25.4 Å². The second-order valence-electron chi connectivity index (χ2n) is 29.9. The molecule has 0 amide bonds. The maximum atomic E-state index is 14.3. The molecule has 10 aliphatic carbocycles. The molecule has 8 fully saturated rings. The smallest absolute Gasteiger partial charge is 0.311 e. The first-order valence-corrected chi connectivity index (χ1v) is 28.4. The zero-order valence-electron chi connectivity index (χ0n) is 48.5. The average molecular weight is 1050 g/mol. The maximum Gasteiger partial charge on any atom is 0.311 e. The normalized spacial score (nSPS) is 48.8. The Morgan fingerprint density at radius 2 is 0.905 bits per heavy atom. The second kappa shape index (κ2) is 18.6. The topological polar surface area (TPSA) is 183 Å². The van der Waals surface area contributed by atoms with Gasteiger partial charge in [0.1, 0.15) is 5.78 Å². The van der Waals surface area contributed by atoms with Gasteiger partial charge in [-0.2, -0.15) is 0 Å². The molecule has 4 N–H and O–H groups in total. The largest absolute Gasteiger partial charge is 0.469 e. The quantitative estimate of drug-likeness (QED) is 0.137. The van der Waals surface area contributed by atoms with E-state index in [9.17, 15) is 29.2 Å². The molecule has 12 heteroatoms. The lowest BCUT2D eigenvalue weighted by atomic mass is 9.33. The highest BCUT2D eigenvalue weighted by Gasteiger charge is 2.72. The van der Waals surface area contributed by atoms with Crippen molar-refractivity contribution in [2.75, 3.05) is 14.2 Å². The van der Waals surface area contributed by atoms with Crippen molar-refractivity contribution in [1.29, 1.82) is 0 Å². The zero-order chi connectivity index (χ0) is 54.3. The van der Waals surface area contributed by atoms with Crippen LogP contribution in [0, 0.1) is 100 Å². The number of allylic oxidation sites excluding steroid dienone is 4. The molecule has 10 aliphatic rings. The lowest BCUT2D eigenvalue weighted by Gasteiger charge is -2.70. The van der Waals surface area contributed by atoms with Gasteiger partial charge in [-0.25, -0.2) is 5.90 Å². The number of oxime groups is 1. The standard InChI is InChI=1S/C31H47NO4.C31H46O4.ClH.H3NO/c1-26(2)22-9-12-31(7)24(29(22,5)11-10-23(26)32-35)21(33)17-19-20-18-28(4,25(34)36-8)14-13-27(20,3)15-16-30(19,31)6;1-26(2)22-9-12-31(7)24(29(22,5)11-10-23(26)33)21(32)17-19-20-18-28(4,25(34)35-8)14-13-27(20,3)15-16-30(19,31)6;;1-2/h17,20,22,24,35H,9-16,18H2,1-8H3;17,20,22,24H,9-16,18H2,1-8H3;1H;2H,1H2/b32-23+;;;/t2*20-,22-,24+,27+,28-,29-,30+,31+;;/m00../s1. The van der Waals surface area contributed by atoms with Crippen LogP contribution in [-0.4, -0.2) is 59.6 Å². The molecule has 0 heterocycles. The summed E-state index contributed by atoms with van der Waals surface area (Å²) in [7, 11) is 3.00. The van der Waals surface area contributed by atoms with Gasteiger partial charge in [0, 0.05) is 29.1 Å². The summed E-state index contributed by atoms with van der Waals surface area (Å²) in [6.07, 6.45) is 21.0. The predicted molar refractivity (Wildman–Crippen MR) is 290 cm³/mol. The second-order valence-corrected chi connectivity index (χ2v) is 29.9. The van der Waals surface area contributed by atoms with Crippen LogP contribution < -0.4 is 5.90 Å². The first-order chi connectivity index (χ1) is 33.7. The zero-order valence-corrected chi connectivity index (χ0v) is 49.3. The van der Waals surface area contributed by atoms with Gasteiger partial charge in [-0.1, -0.05) is 99.4 Å². The van der Waals surface area contributed by atoms with Gasteiger partial charge in [-0.05, 0) is 202 Å². The Morgan fingerprint density at radius 3 is 1.28 bits per heavy atom. The Hall–Kier alpha value is -2.89. The number of esters is 2. The molecule has 74 heavy (non-hydrogen) atoms. The minimum atomic E-state index is -0.490. The third-order valence-electron chi connectivity index (χ3n) is 26.2. The third kappa shape index (κ3) is 7.77. The summed E-state index contributed by atoms with van der Waals surface area (Å²) in [4.78, 5) is 67.2. The van der Waals surface area contributed by atoms with Crippen molar-refractivity contribution in [3.8, 4) is 0 Å². The number of rotatable bonds is 2. The van der Waals surface area contributed by atoms with Crippen LogP contribution in [0.3, 0.4) is 0 Å². The fourth-order valence-electron chi connectivity index (χ4n) is 21.0. The van der Waals surface area contributed by atoms with E-state index in [0.29, 0.717) is 23.9 Å². The summed E-state index contributed by atoms with van der Waals surface area (Å²) >= 11 is 0. The van der Waals surface area contributed by atoms with Gasteiger partial charge < -0.3 is 19.9 Å². The van der Waals surface area contributed by atoms with Crippen LogP contribution in [0.2, 0.25) is 0 Å². The number of nitrogens with two attached hydrogens (primary N) is 1. The van der Waals surface area contributed by atoms with Gasteiger partial charge in [0.25, 0.3) is 0 Å². The molecule has 0 bridgehead atoms. The van der Waals surface area contributed by atoms with Crippen LogP contribution in [0.1, 0.15) is 213 Å². The van der Waals surface area contributed by atoms with Crippen LogP contribution in [0.5, 0.6) is 0 Å². The minimum absolute atomic E-state index is 0. The Bertz CT molecular complexity index is 2430. The van der Waals surface area contributed by atoms with Crippen molar-refractivity contribution in [2.24, 2.45) is 112 Å². The van der Waals surface area contributed by atoms with E-state index in [4.69, 9.17) is 14.7 Å². The molecule has 0 aromatic carbocycles. The van der Waals surface area contributed by atoms with E-state index in [0.717, 1.165) is 115 Å². The Kier molecular flexibility index (Phi) is 14.8. The molecule has 416 valence electrons. The number of hydrogen-bond acceptors (Lipinski definition) is 11. The number of methoxy groups -OCH3 is 2. The van der Waals surface area contributed by atoms with Gasteiger partial charge >= 0.3 is 11.9 Å². The van der Waals surface area contributed by atoms with Crippen molar-refractivity contribution < 1.29 is 43.9 Å². The van der Waals surface area contributed by atoms with Gasteiger partial charge in [0.15, 0.2) is 11.6 Å². The fourth-order valence-corrected chi connectivity index (χ4v) is 21.0. The minimum Gasteiger partial charge on any atom is -0.469 e. The van der Waals surface area contributed by atoms with E-state index in [-0.39, 0.29) is 114 Å². The Balaban J connectivity index is 0.000000207. The molecular formula is C62H97ClN2O9. The maximum absolute atomic E-state index is 14.3. The van der Waals surface area contributed by atoms with Crippen molar-refractivity contribution in [2.45, 2.75) is 213 Å². The molecule has 0 aromatic rings. The number of ketones is 3. The number of hydrogen-bond donors (Lipinski definition) is 3. The molecule has 8 saturated carbocycles. The number of carbonyl (C=O) groups excluding carboxylic acids is 5. The summed E-state index contributed by atoms with van der Waals surface area (Å²) in [6, 6.07) is 0. The number of fused-ring (bicyclic) bond motifs is 14. The highest BCUT2D eigenvalue weighted by Crippen LogP contribution is 2.77. The molecule has 0 saturated heterocycles. The van der Waals surface area contributed by atoms with Crippen molar-refractivity contribution in [3.63, 3.8) is 0 Å². The number of carbonyl (C=O) groups is 5. The van der Waals surface area contributed by atoms with Crippen LogP contribution in [0.15, 0.2) is 28.5 Å². The van der Waals surface area contributed by atoms with Gasteiger partial charge in [-0.15, -0.1) is 12.4 Å². The van der Waals surface area contributed by atoms with E-state index >= 15 is 0 Å². The fraction of sp³-hybridized carbons (Fsp3) is 0.839. The summed E-state index contributed by atoms with van der Waals surface area (Å²) < 4.78 is 10.5. The molecule has 0 spiro atoms. The summed E-state index contributed by atoms with van der Waals surface area (Å²) in [5, 5.41) is 20.0. The SMILES string of the molecule is COC(=O)[C@@]1(C)CC[C@]2(C)CC[C@]3(C)C(=CC(=O)[C@@H]4[C@@]5(C)CC/C(=N\O)C(C)(C)[C@@H]5CC[C@]43C)[C@@H]2C1.COC(=O)[C@@]1(C)CC[C@]2(C)CC[C@]3(C)C(=CC(=O)[C@@H]4[C@@]5(C)CCC(=O)C(C)(C)[C@@H]5CC[C@]43C)[C@@H]2C1.Cl.NO. The summed E-state index contributed by atoms with van der Waals surface area (Å²) in [5.41, 5.74) is 1.57. The third-order valence-corrected chi connectivity index (χ3v) is 26.2. The van der Waals surface area contributed by atoms with Gasteiger partial charge in [-0.3, -0.25) is 24.0 Å². The van der Waals surface area contributed by atoms with Crippen LogP contribution in [-0.2, 0) is 33.4 Å². The molecule has 0 aromatic heterocycles. The van der Waals surface area contributed by atoms with Crippen LogP contribution in [0.25, 0.3) is 0 Å². The molecule has 10 rings (SSSR count). The van der Waals surface area contributed by atoms with E-state index in [2.05, 4.69) is 120 Å². The van der Waals surface area contributed by atoms with E-state index in [1.54, 1.807) is 0 Å². The summed E-state index contributed by atoms with van der Waals surface area (Å²) in [6.45, 7) is 32.0. The average Bonchev–Trinajstić information content (AvgIpc) is 3.32. The molecular weight excluding hydrogens is 952 g/mol. The van der Waals surface area contributed by atoms with Crippen LogP contribution >= 0.6 is 12.4 Å². The summed E-state index contributed by atoms with van der Waals surface area (Å²) in [5.74, 6) is 5.19. The lowest BCUT2D eigenvalue weighted by Crippen LogP contribution is -2.66. The van der Waals surface area contributed by atoms with Crippen molar-refractivity contribution >= 4 is 47.4 Å². The lowest BCUT2D eigenvalue weighted by molar-refractivity contribution is -0.188. The molecule has 16 atom stereocenters. The van der Waals surface area contributed by atoms with Crippen molar-refractivity contribution in [1.82, 2.24) is 0 Å². The number of Topliss-reactive ketones (excluding diaryl/α,β-unsaturated/α-hetero) is 1. The Labute approximate surface area is 450 Å². The van der Waals surface area contributed by atoms with Gasteiger partial charge in [0.05, 0.1) is 30.8 Å².